The molecular weight excluding hydrogens is 230 g/mol. The van der Waals surface area contributed by atoms with Gasteiger partial charge in [-0.25, -0.2) is 0 Å². The van der Waals surface area contributed by atoms with Crippen molar-refractivity contribution in [2.45, 2.75) is 37.0 Å². The third-order valence-electron chi connectivity index (χ3n) is 3.97. The van der Waals surface area contributed by atoms with Gasteiger partial charge in [-0.2, -0.15) is 11.8 Å². The summed E-state index contributed by atoms with van der Waals surface area (Å²) in [5.74, 6) is 0.370. The van der Waals surface area contributed by atoms with Gasteiger partial charge in [-0.05, 0) is 43.0 Å². The smallest absolute Gasteiger partial charge is 0.115 e. The molecule has 0 heterocycles. The third-order valence-corrected chi connectivity index (χ3v) is 5.02. The fraction of sp³-hybridized carbons (Fsp3) is 0.571. The molecule has 1 aromatic rings. The minimum atomic E-state index is 0.0503. The quantitative estimate of drug-likeness (QED) is 0.847. The second kappa shape index (κ2) is 4.54. The van der Waals surface area contributed by atoms with Crippen molar-refractivity contribution in [2.24, 2.45) is 0 Å². The van der Waals surface area contributed by atoms with Crippen LogP contribution in [0.25, 0.3) is 0 Å². The maximum Gasteiger partial charge on any atom is 0.115 e. The van der Waals surface area contributed by atoms with Gasteiger partial charge in [-0.15, -0.1) is 0 Å². The maximum absolute atomic E-state index is 9.68. The lowest BCUT2D eigenvalue weighted by molar-refractivity contribution is 0.326. The first-order valence-corrected chi connectivity index (χ1v) is 7.32. The first-order valence-electron chi connectivity index (χ1n) is 6.03. The Hall–Kier alpha value is -0.670. The number of nitrogens with one attached hydrogen (secondary N) is 1. The van der Waals surface area contributed by atoms with Crippen LogP contribution in [0.2, 0.25) is 0 Å². The fourth-order valence-corrected chi connectivity index (χ4v) is 4.17. The predicted molar refractivity (Wildman–Crippen MR) is 75.0 cm³/mol. The topological polar surface area (TPSA) is 32.3 Å². The van der Waals surface area contributed by atoms with Crippen molar-refractivity contribution in [1.29, 1.82) is 0 Å². The Morgan fingerprint density at radius 1 is 1.41 bits per heavy atom. The van der Waals surface area contributed by atoms with Crippen molar-refractivity contribution < 1.29 is 5.11 Å². The maximum atomic E-state index is 9.68. The van der Waals surface area contributed by atoms with E-state index in [2.05, 4.69) is 31.5 Å². The summed E-state index contributed by atoms with van der Waals surface area (Å²) in [6.45, 7) is 4.52. The summed E-state index contributed by atoms with van der Waals surface area (Å²) in [5.41, 5.74) is 2.70. The number of phenols is 1. The van der Waals surface area contributed by atoms with E-state index in [0.717, 1.165) is 6.42 Å². The van der Waals surface area contributed by atoms with E-state index in [1.165, 1.54) is 11.1 Å². The average molecular weight is 251 g/mol. The van der Waals surface area contributed by atoms with Crippen LogP contribution < -0.4 is 5.32 Å². The Bertz CT molecular complexity index is 417. The number of likely N-dealkylation sites (N-methyl/N-ethyl adjacent to an activating group) is 1. The Balaban J connectivity index is 2.52. The largest absolute Gasteiger partial charge is 0.508 e. The normalized spacial score (nSPS) is 26.6. The summed E-state index contributed by atoms with van der Waals surface area (Å²) in [4.78, 5) is 0. The molecule has 0 amide bonds. The lowest BCUT2D eigenvalue weighted by Crippen LogP contribution is -2.53. The molecule has 0 radical (unpaired) electrons. The van der Waals surface area contributed by atoms with Crippen LogP contribution in [-0.4, -0.2) is 29.7 Å². The summed E-state index contributed by atoms with van der Waals surface area (Å²) in [6.07, 6.45) is 3.25. The second-order valence-electron chi connectivity index (χ2n) is 5.31. The van der Waals surface area contributed by atoms with Crippen molar-refractivity contribution in [3.05, 3.63) is 29.3 Å². The minimum absolute atomic E-state index is 0.0503. The van der Waals surface area contributed by atoms with Crippen LogP contribution in [0, 0.1) is 0 Å². The number of hydrogen-bond acceptors (Lipinski definition) is 3. The molecular formula is C14H21NOS. The highest BCUT2D eigenvalue weighted by molar-refractivity contribution is 7.99. The van der Waals surface area contributed by atoms with Gasteiger partial charge in [-0.1, -0.05) is 19.9 Å². The van der Waals surface area contributed by atoms with Crippen molar-refractivity contribution >= 4 is 11.8 Å². The van der Waals surface area contributed by atoms with Crippen LogP contribution in [-0.2, 0) is 11.8 Å². The number of fused-ring (bicyclic) bond motifs is 1. The molecule has 2 atom stereocenters. The van der Waals surface area contributed by atoms with Gasteiger partial charge in [0.15, 0.2) is 0 Å². The molecule has 1 aliphatic carbocycles. The Morgan fingerprint density at radius 3 is 2.71 bits per heavy atom. The molecule has 0 saturated carbocycles. The van der Waals surface area contributed by atoms with Gasteiger partial charge in [0.1, 0.15) is 5.75 Å². The zero-order valence-electron chi connectivity index (χ0n) is 10.9. The molecule has 2 nitrogen and oxygen atoms in total. The number of aromatic hydroxyl groups is 1. The van der Waals surface area contributed by atoms with Crippen LogP contribution in [0.15, 0.2) is 18.2 Å². The van der Waals surface area contributed by atoms with E-state index in [9.17, 15) is 5.11 Å². The van der Waals surface area contributed by atoms with Crippen LogP contribution in [0.1, 0.15) is 25.0 Å². The van der Waals surface area contributed by atoms with Crippen molar-refractivity contribution in [3.8, 4) is 5.75 Å². The lowest BCUT2D eigenvalue weighted by Gasteiger charge is -2.44. The molecule has 1 aromatic carbocycles. The minimum Gasteiger partial charge on any atom is -0.508 e. The van der Waals surface area contributed by atoms with E-state index in [1.807, 2.05) is 24.9 Å². The molecule has 2 unspecified atom stereocenters. The van der Waals surface area contributed by atoms with Gasteiger partial charge in [0.2, 0.25) is 0 Å². The molecule has 0 saturated heterocycles. The fourth-order valence-electron chi connectivity index (χ4n) is 3.08. The highest BCUT2D eigenvalue weighted by Crippen LogP contribution is 2.41. The van der Waals surface area contributed by atoms with Gasteiger partial charge in [-0.3, -0.25) is 0 Å². The Morgan fingerprint density at radius 2 is 2.12 bits per heavy atom. The molecule has 2 rings (SSSR count). The first kappa shape index (κ1) is 12.8. The van der Waals surface area contributed by atoms with Crippen LogP contribution in [0.4, 0.5) is 0 Å². The van der Waals surface area contributed by atoms with E-state index in [4.69, 9.17) is 0 Å². The predicted octanol–water partition coefficient (Wildman–Crippen LogP) is 2.55. The summed E-state index contributed by atoms with van der Waals surface area (Å²) in [6, 6.07) is 6.23. The summed E-state index contributed by atoms with van der Waals surface area (Å²) in [7, 11) is 2.03. The highest BCUT2D eigenvalue weighted by atomic mass is 32.2. The number of benzene rings is 1. The molecule has 0 bridgehead atoms. The first-order chi connectivity index (χ1) is 8.00. The third kappa shape index (κ3) is 2.06. The van der Waals surface area contributed by atoms with E-state index in [0.29, 0.717) is 17.0 Å². The molecule has 17 heavy (non-hydrogen) atoms. The number of phenolic OH excluding ortho intramolecular Hbond substituents is 1. The molecule has 0 aliphatic heterocycles. The summed E-state index contributed by atoms with van der Waals surface area (Å²) in [5, 5.41) is 13.7. The van der Waals surface area contributed by atoms with Gasteiger partial charge >= 0.3 is 0 Å². The highest BCUT2D eigenvalue weighted by Gasteiger charge is 2.41. The van der Waals surface area contributed by atoms with Gasteiger partial charge < -0.3 is 10.4 Å². The summed E-state index contributed by atoms with van der Waals surface area (Å²) >= 11 is 1.92. The molecule has 3 heteroatoms. The number of rotatable bonds is 2. The van der Waals surface area contributed by atoms with Crippen molar-refractivity contribution in [3.63, 3.8) is 0 Å². The van der Waals surface area contributed by atoms with Crippen LogP contribution >= 0.6 is 11.8 Å². The number of hydrogen-bond donors (Lipinski definition) is 2. The van der Waals surface area contributed by atoms with Crippen LogP contribution in [0.3, 0.4) is 0 Å². The van der Waals surface area contributed by atoms with Gasteiger partial charge in [0.25, 0.3) is 0 Å². The average Bonchev–Trinajstić information content (AvgIpc) is 2.29. The molecule has 2 N–H and O–H groups in total. The number of thioether (sulfide) groups is 1. The molecule has 0 aromatic heterocycles. The van der Waals surface area contributed by atoms with Gasteiger partial charge in [0, 0.05) is 16.7 Å². The van der Waals surface area contributed by atoms with E-state index >= 15 is 0 Å². The lowest BCUT2D eigenvalue weighted by atomic mass is 9.69. The van der Waals surface area contributed by atoms with Crippen LogP contribution in [0.5, 0.6) is 5.75 Å². The van der Waals surface area contributed by atoms with Gasteiger partial charge in [0.05, 0.1) is 0 Å². The molecule has 0 spiro atoms. The molecule has 0 fully saturated rings. The monoisotopic (exact) mass is 251 g/mol. The molecule has 94 valence electrons. The SMILES string of the molecule is CNC1C(SC)Cc2ccc(O)cc2C1(C)C. The van der Waals surface area contributed by atoms with E-state index in [-0.39, 0.29) is 5.41 Å². The Labute approximate surface area is 108 Å². The summed E-state index contributed by atoms with van der Waals surface area (Å²) < 4.78 is 0. The van der Waals surface area contributed by atoms with E-state index < -0.39 is 0 Å². The molecule has 1 aliphatic rings. The zero-order valence-corrected chi connectivity index (χ0v) is 11.8. The van der Waals surface area contributed by atoms with E-state index in [1.54, 1.807) is 6.07 Å². The zero-order chi connectivity index (χ0) is 12.6. The van der Waals surface area contributed by atoms with Crippen molar-refractivity contribution in [1.82, 2.24) is 5.32 Å². The second-order valence-corrected chi connectivity index (χ2v) is 6.38. The Kier molecular flexibility index (Phi) is 3.41. The van der Waals surface area contributed by atoms with Crippen molar-refractivity contribution in [2.75, 3.05) is 13.3 Å². The standard InChI is InChI=1S/C14H21NOS/c1-14(2)11-8-10(16)6-5-9(11)7-12(17-4)13(14)15-3/h5-6,8,12-13,15-16H,7H2,1-4H3.